The average Bonchev–Trinajstić information content (AvgIpc) is 2.88. The molecule has 2 N–H and O–H groups in total. The van der Waals surface area contributed by atoms with E-state index in [9.17, 15) is 9.90 Å². The van der Waals surface area contributed by atoms with Gasteiger partial charge >= 0.3 is 0 Å². The van der Waals surface area contributed by atoms with E-state index >= 15 is 0 Å². The highest BCUT2D eigenvalue weighted by Crippen LogP contribution is 2.32. The minimum absolute atomic E-state index is 0.0944. The quantitative estimate of drug-likeness (QED) is 0.742. The fraction of sp³-hybridized carbons (Fsp3) is 0.933. The third kappa shape index (κ3) is 4.17. The van der Waals surface area contributed by atoms with Crippen molar-refractivity contribution in [2.75, 3.05) is 46.4 Å². The fourth-order valence-electron chi connectivity index (χ4n) is 3.43. The van der Waals surface area contributed by atoms with Crippen molar-refractivity contribution >= 4 is 5.91 Å². The summed E-state index contributed by atoms with van der Waals surface area (Å²) in [5.74, 6) is 0.266. The highest BCUT2D eigenvalue weighted by molar-refractivity contribution is 5.76. The Kier molecular flexibility index (Phi) is 5.81. The molecule has 1 saturated heterocycles. The predicted octanol–water partition coefficient (Wildman–Crippen LogP) is 0.435. The third-order valence-electron chi connectivity index (χ3n) is 4.85. The van der Waals surface area contributed by atoms with Crippen LogP contribution in [0.1, 0.15) is 38.5 Å². The lowest BCUT2D eigenvalue weighted by Crippen LogP contribution is -2.49. The number of hydrogen-bond donors (Lipinski definition) is 2. The molecule has 0 radical (unpaired) electrons. The van der Waals surface area contributed by atoms with Gasteiger partial charge in [-0.25, -0.2) is 0 Å². The van der Waals surface area contributed by atoms with Crippen molar-refractivity contribution < 1.29 is 9.90 Å². The van der Waals surface area contributed by atoms with Crippen molar-refractivity contribution in [2.45, 2.75) is 44.1 Å². The van der Waals surface area contributed by atoms with Crippen molar-refractivity contribution in [1.29, 1.82) is 0 Å². The van der Waals surface area contributed by atoms with Gasteiger partial charge in [0.25, 0.3) is 0 Å². The predicted molar refractivity (Wildman–Crippen MR) is 79.6 cm³/mol. The number of amides is 1. The smallest absolute Gasteiger partial charge is 0.223 e. The van der Waals surface area contributed by atoms with Crippen LogP contribution in [0, 0.1) is 0 Å². The maximum Gasteiger partial charge on any atom is 0.223 e. The molecule has 1 saturated carbocycles. The molecule has 1 heterocycles. The molecule has 0 atom stereocenters. The minimum atomic E-state index is 0.0944. The summed E-state index contributed by atoms with van der Waals surface area (Å²) in [4.78, 5) is 16.4. The van der Waals surface area contributed by atoms with Gasteiger partial charge in [-0.2, -0.15) is 0 Å². The Hall–Kier alpha value is -0.650. The van der Waals surface area contributed by atoms with E-state index in [-0.39, 0.29) is 18.1 Å². The maximum absolute atomic E-state index is 12.2. The highest BCUT2D eigenvalue weighted by atomic mass is 16.3. The van der Waals surface area contributed by atoms with Gasteiger partial charge in [-0.1, -0.05) is 12.8 Å². The van der Waals surface area contributed by atoms with Crippen LogP contribution in [0.4, 0.5) is 0 Å². The number of aliphatic hydroxyl groups excluding tert-OH is 1. The summed E-state index contributed by atoms with van der Waals surface area (Å²) in [7, 11) is 2.10. The molecular weight excluding hydrogens is 254 g/mol. The first-order valence-electron chi connectivity index (χ1n) is 7.97. The van der Waals surface area contributed by atoms with E-state index in [0.717, 1.165) is 52.0 Å². The number of likely N-dealkylation sites (N-methyl/N-ethyl adjacent to an activating group) is 1. The lowest BCUT2D eigenvalue weighted by atomic mass is 9.93. The number of carbonyl (C=O) groups is 1. The topological polar surface area (TPSA) is 55.8 Å². The van der Waals surface area contributed by atoms with Gasteiger partial charge in [0.15, 0.2) is 0 Å². The zero-order valence-corrected chi connectivity index (χ0v) is 12.7. The number of hydrogen-bond acceptors (Lipinski definition) is 4. The normalized spacial score (nSPS) is 23.2. The second kappa shape index (κ2) is 7.38. The van der Waals surface area contributed by atoms with Crippen LogP contribution in [0.25, 0.3) is 0 Å². The Labute approximate surface area is 122 Å². The van der Waals surface area contributed by atoms with E-state index in [1.54, 1.807) is 0 Å². The number of carbonyl (C=O) groups excluding carboxylic acids is 1. The molecule has 0 aromatic rings. The molecule has 1 aliphatic heterocycles. The molecule has 2 aliphatic rings. The maximum atomic E-state index is 12.2. The lowest BCUT2D eigenvalue weighted by Gasteiger charge is -2.33. The summed E-state index contributed by atoms with van der Waals surface area (Å²) < 4.78 is 0. The largest absolute Gasteiger partial charge is 0.396 e. The Morgan fingerprint density at radius 1 is 1.20 bits per heavy atom. The van der Waals surface area contributed by atoms with Gasteiger partial charge in [0, 0.05) is 51.3 Å². The summed E-state index contributed by atoms with van der Waals surface area (Å²) in [6, 6.07) is 0. The van der Waals surface area contributed by atoms with Crippen molar-refractivity contribution in [3.05, 3.63) is 0 Å². The van der Waals surface area contributed by atoms with Crippen LogP contribution in [0.15, 0.2) is 0 Å². The molecule has 2 rings (SSSR count). The first kappa shape index (κ1) is 15.7. The molecule has 0 unspecified atom stereocenters. The number of rotatable bonds is 6. The van der Waals surface area contributed by atoms with Gasteiger partial charge in [0.05, 0.1) is 0 Å². The van der Waals surface area contributed by atoms with Crippen LogP contribution in [0.3, 0.4) is 0 Å². The second-order valence-corrected chi connectivity index (χ2v) is 6.32. The Morgan fingerprint density at radius 2 is 1.85 bits per heavy atom. The number of nitrogens with one attached hydrogen (secondary N) is 1. The van der Waals surface area contributed by atoms with Gasteiger partial charge in [0.1, 0.15) is 0 Å². The first-order chi connectivity index (χ1) is 9.65. The van der Waals surface area contributed by atoms with Crippen molar-refractivity contribution in [1.82, 2.24) is 15.1 Å². The van der Waals surface area contributed by atoms with Crippen molar-refractivity contribution in [2.24, 2.45) is 0 Å². The van der Waals surface area contributed by atoms with Gasteiger partial charge in [-0.05, 0) is 26.3 Å². The summed E-state index contributed by atoms with van der Waals surface area (Å²) in [6.45, 7) is 4.65. The summed E-state index contributed by atoms with van der Waals surface area (Å²) >= 11 is 0. The van der Waals surface area contributed by atoms with Crippen LogP contribution in [-0.4, -0.2) is 72.7 Å². The van der Waals surface area contributed by atoms with E-state index in [1.807, 2.05) is 4.90 Å². The Morgan fingerprint density at radius 3 is 2.45 bits per heavy atom. The van der Waals surface area contributed by atoms with Crippen LogP contribution in [-0.2, 0) is 4.79 Å². The minimum Gasteiger partial charge on any atom is -0.396 e. The number of nitrogens with zero attached hydrogens (tertiary/aromatic N) is 2. The Bertz CT molecular complexity index is 308. The molecule has 1 aliphatic carbocycles. The molecule has 2 fully saturated rings. The van der Waals surface area contributed by atoms with Gasteiger partial charge < -0.3 is 20.2 Å². The van der Waals surface area contributed by atoms with E-state index in [4.69, 9.17) is 0 Å². The molecule has 5 nitrogen and oxygen atoms in total. The number of aliphatic hydroxyl groups is 1. The van der Waals surface area contributed by atoms with Gasteiger partial charge in [-0.15, -0.1) is 0 Å². The van der Waals surface area contributed by atoms with E-state index < -0.39 is 0 Å². The van der Waals surface area contributed by atoms with Crippen LogP contribution >= 0.6 is 0 Å². The summed E-state index contributed by atoms with van der Waals surface area (Å²) in [5.41, 5.74) is 0.0944. The monoisotopic (exact) mass is 283 g/mol. The van der Waals surface area contributed by atoms with Gasteiger partial charge in [-0.3, -0.25) is 4.79 Å². The molecule has 0 aromatic heterocycles. The average molecular weight is 283 g/mol. The zero-order chi connectivity index (χ0) is 14.4. The molecule has 0 bridgehead atoms. The second-order valence-electron chi connectivity index (χ2n) is 6.32. The van der Waals surface area contributed by atoms with E-state index in [0.29, 0.717) is 6.42 Å². The SMILES string of the molecule is CN1CCN(C(=O)CCNC2(CCO)CCCC2)CC1. The lowest BCUT2D eigenvalue weighted by molar-refractivity contribution is -0.132. The standard InChI is InChI=1S/C15H29N3O2/c1-17-9-11-18(12-10-17)14(20)4-8-16-15(7-13-19)5-2-3-6-15/h16,19H,2-13H2,1H3. The van der Waals surface area contributed by atoms with Crippen molar-refractivity contribution in [3.8, 4) is 0 Å². The highest BCUT2D eigenvalue weighted by Gasteiger charge is 2.32. The zero-order valence-electron chi connectivity index (χ0n) is 12.7. The summed E-state index contributed by atoms with van der Waals surface area (Å²) in [6.07, 6.45) is 6.14. The third-order valence-corrected chi connectivity index (χ3v) is 4.85. The molecular formula is C15H29N3O2. The number of piperazine rings is 1. The summed E-state index contributed by atoms with van der Waals surface area (Å²) in [5, 5.41) is 12.8. The molecule has 20 heavy (non-hydrogen) atoms. The van der Waals surface area contributed by atoms with Crippen LogP contribution in [0.2, 0.25) is 0 Å². The molecule has 116 valence electrons. The molecule has 0 spiro atoms. The van der Waals surface area contributed by atoms with Gasteiger partial charge in [0.2, 0.25) is 5.91 Å². The van der Waals surface area contributed by atoms with Crippen molar-refractivity contribution in [3.63, 3.8) is 0 Å². The molecule has 0 aromatic carbocycles. The van der Waals surface area contributed by atoms with E-state index in [2.05, 4.69) is 17.3 Å². The first-order valence-corrected chi connectivity index (χ1v) is 7.97. The van der Waals surface area contributed by atoms with Crippen LogP contribution in [0.5, 0.6) is 0 Å². The van der Waals surface area contributed by atoms with E-state index in [1.165, 1.54) is 12.8 Å². The molecule has 1 amide bonds. The fourth-order valence-corrected chi connectivity index (χ4v) is 3.43. The Balaban J connectivity index is 1.70. The van der Waals surface area contributed by atoms with Crippen LogP contribution < -0.4 is 5.32 Å². The molecule has 5 heteroatoms.